The van der Waals surface area contributed by atoms with E-state index in [9.17, 15) is 4.39 Å². The first-order valence-electron chi connectivity index (χ1n) is 4.21. The minimum Gasteiger partial charge on any atom is -0.396 e. The topological polar surface area (TPSA) is 29.3 Å². The average molecular weight is 198 g/mol. The Hall–Kier alpha value is -0.900. The Balaban J connectivity index is 2.50. The normalized spacial score (nSPS) is 14.8. The fourth-order valence-corrected chi connectivity index (χ4v) is 2.56. The van der Waals surface area contributed by atoms with Gasteiger partial charge in [-0.3, -0.25) is 0 Å². The van der Waals surface area contributed by atoms with Crippen LogP contribution in [0, 0.1) is 5.82 Å². The third-order valence-corrected chi connectivity index (χ3v) is 3.38. The predicted molar refractivity (Wildman–Crippen MR) is 55.1 cm³/mol. The molecule has 0 saturated carbocycles. The van der Waals surface area contributed by atoms with Gasteiger partial charge in [0.25, 0.3) is 0 Å². The monoisotopic (exact) mass is 198 g/mol. The van der Waals surface area contributed by atoms with Crippen LogP contribution in [-0.4, -0.2) is 6.54 Å². The quantitative estimate of drug-likeness (QED) is 0.555. The first kappa shape index (κ1) is 8.69. The second-order valence-corrected chi connectivity index (χ2v) is 3.91. The van der Waals surface area contributed by atoms with Gasteiger partial charge in [-0.1, -0.05) is 0 Å². The van der Waals surface area contributed by atoms with Crippen LogP contribution in [0.15, 0.2) is 12.1 Å². The van der Waals surface area contributed by atoms with Crippen LogP contribution in [0.5, 0.6) is 0 Å². The molecule has 1 aliphatic heterocycles. The maximum atomic E-state index is 13.1. The van der Waals surface area contributed by atoms with Crippen molar-refractivity contribution >= 4 is 23.3 Å². The highest BCUT2D eigenvalue weighted by atomic mass is 32.2. The van der Waals surface area contributed by atoms with Crippen molar-refractivity contribution in [1.82, 2.24) is 0 Å². The summed E-state index contributed by atoms with van der Waals surface area (Å²) in [5, 5.41) is 0. The zero-order valence-electron chi connectivity index (χ0n) is 7.38. The van der Waals surface area contributed by atoms with Gasteiger partial charge >= 0.3 is 0 Å². The molecule has 13 heavy (non-hydrogen) atoms. The Kier molecular flexibility index (Phi) is 2.07. The van der Waals surface area contributed by atoms with Crippen molar-refractivity contribution in [2.45, 2.75) is 12.7 Å². The number of benzene rings is 1. The minimum atomic E-state index is -0.308. The van der Waals surface area contributed by atoms with Gasteiger partial charge in [-0.2, -0.15) is 0 Å². The third-order valence-electron chi connectivity index (χ3n) is 2.20. The molecule has 1 aromatic rings. The lowest BCUT2D eigenvalue weighted by Gasteiger charge is -2.14. The summed E-state index contributed by atoms with van der Waals surface area (Å²) in [6.45, 7) is 2.99. The van der Waals surface area contributed by atoms with Crippen molar-refractivity contribution in [3.63, 3.8) is 0 Å². The fourth-order valence-electron chi connectivity index (χ4n) is 1.48. The number of hydrogen-bond acceptors (Lipinski definition) is 3. The van der Waals surface area contributed by atoms with Gasteiger partial charge in [0.2, 0.25) is 0 Å². The smallest absolute Gasteiger partial charge is 0.146 e. The number of nitrogen functional groups attached to an aromatic ring is 1. The molecule has 1 aliphatic rings. The average Bonchev–Trinajstić information content (AvgIpc) is 2.55. The molecule has 0 fully saturated rings. The zero-order chi connectivity index (χ0) is 9.42. The summed E-state index contributed by atoms with van der Waals surface area (Å²) in [5.74, 6) is 0.476. The lowest BCUT2D eigenvalue weighted by Crippen LogP contribution is -2.09. The minimum absolute atomic E-state index is 0.306. The summed E-state index contributed by atoms with van der Waals surface area (Å²) in [6, 6.07) is 3.23. The fraction of sp³-hybridized carbons (Fsp3) is 0.333. The van der Waals surface area contributed by atoms with E-state index in [0.29, 0.717) is 5.69 Å². The Morgan fingerprint density at radius 1 is 1.62 bits per heavy atom. The lowest BCUT2D eigenvalue weighted by atomic mass is 10.1. The van der Waals surface area contributed by atoms with E-state index in [-0.39, 0.29) is 5.82 Å². The molecule has 2 nitrogen and oxygen atoms in total. The van der Waals surface area contributed by atoms with Crippen molar-refractivity contribution in [3.8, 4) is 0 Å². The van der Waals surface area contributed by atoms with E-state index in [1.54, 1.807) is 18.0 Å². The van der Waals surface area contributed by atoms with Crippen LogP contribution >= 0.6 is 11.9 Å². The molecule has 0 aliphatic carbocycles. The summed E-state index contributed by atoms with van der Waals surface area (Å²) < 4.78 is 15.2. The van der Waals surface area contributed by atoms with Crippen LogP contribution in [0.25, 0.3) is 0 Å². The molecule has 0 atom stereocenters. The van der Waals surface area contributed by atoms with Gasteiger partial charge in [-0.05, 0) is 31.0 Å². The first-order chi connectivity index (χ1) is 6.24. The van der Waals surface area contributed by atoms with Crippen molar-refractivity contribution < 1.29 is 4.39 Å². The van der Waals surface area contributed by atoms with Gasteiger partial charge in [0.1, 0.15) is 5.82 Å². The molecule has 1 heterocycles. The number of anilines is 2. The van der Waals surface area contributed by atoms with Crippen LogP contribution in [-0.2, 0) is 5.75 Å². The van der Waals surface area contributed by atoms with Gasteiger partial charge in [-0.15, -0.1) is 0 Å². The Morgan fingerprint density at radius 3 is 3.08 bits per heavy atom. The molecule has 1 aromatic carbocycles. The van der Waals surface area contributed by atoms with E-state index in [2.05, 4.69) is 11.2 Å². The Labute approximate surface area is 81.0 Å². The molecule has 0 spiro atoms. The molecule has 0 saturated heterocycles. The van der Waals surface area contributed by atoms with Crippen molar-refractivity contribution in [3.05, 3.63) is 23.5 Å². The molecular formula is C9H11FN2S. The molecule has 0 bridgehead atoms. The standard InChI is InChI=1S/C9H11FN2S/c1-2-12-8-4-3-7(10)9(11)6(8)5-13-12/h3-4H,2,5,11H2,1H3. The molecule has 2 rings (SSSR count). The van der Waals surface area contributed by atoms with Gasteiger partial charge in [0.15, 0.2) is 0 Å². The second kappa shape index (κ2) is 3.10. The molecule has 2 N–H and O–H groups in total. The van der Waals surface area contributed by atoms with E-state index in [0.717, 1.165) is 23.5 Å². The summed E-state index contributed by atoms with van der Waals surface area (Å²) in [4.78, 5) is 0. The largest absolute Gasteiger partial charge is 0.396 e. The predicted octanol–water partition coefficient (Wildman–Crippen LogP) is 2.40. The number of rotatable bonds is 1. The number of nitrogens with two attached hydrogens (primary N) is 1. The molecule has 0 amide bonds. The molecular weight excluding hydrogens is 187 g/mol. The van der Waals surface area contributed by atoms with E-state index in [1.807, 2.05) is 0 Å². The van der Waals surface area contributed by atoms with Gasteiger partial charge < -0.3 is 10.0 Å². The van der Waals surface area contributed by atoms with Crippen LogP contribution in [0.1, 0.15) is 12.5 Å². The van der Waals surface area contributed by atoms with Crippen molar-refractivity contribution in [2.24, 2.45) is 0 Å². The van der Waals surface area contributed by atoms with Gasteiger partial charge in [-0.25, -0.2) is 4.39 Å². The molecule has 70 valence electrons. The van der Waals surface area contributed by atoms with Crippen molar-refractivity contribution in [2.75, 3.05) is 16.6 Å². The lowest BCUT2D eigenvalue weighted by molar-refractivity contribution is 0.631. The highest BCUT2D eigenvalue weighted by molar-refractivity contribution is 8.00. The number of halogens is 1. The SMILES string of the molecule is CCN1SCc2c1ccc(F)c2N. The summed E-state index contributed by atoms with van der Waals surface area (Å²) in [5.41, 5.74) is 7.94. The highest BCUT2D eigenvalue weighted by Crippen LogP contribution is 2.41. The van der Waals surface area contributed by atoms with Gasteiger partial charge in [0.05, 0.1) is 11.4 Å². The van der Waals surface area contributed by atoms with Crippen molar-refractivity contribution in [1.29, 1.82) is 0 Å². The Bertz CT molecular complexity index is 341. The van der Waals surface area contributed by atoms with Crippen LogP contribution in [0.2, 0.25) is 0 Å². The molecule has 4 heteroatoms. The summed E-state index contributed by atoms with van der Waals surface area (Å²) in [7, 11) is 0. The summed E-state index contributed by atoms with van der Waals surface area (Å²) in [6.07, 6.45) is 0. The van der Waals surface area contributed by atoms with E-state index < -0.39 is 0 Å². The number of fused-ring (bicyclic) bond motifs is 1. The van der Waals surface area contributed by atoms with Crippen LogP contribution < -0.4 is 10.0 Å². The van der Waals surface area contributed by atoms with E-state index in [1.165, 1.54) is 6.07 Å². The molecule has 0 radical (unpaired) electrons. The second-order valence-electron chi connectivity index (χ2n) is 2.93. The zero-order valence-corrected chi connectivity index (χ0v) is 8.20. The van der Waals surface area contributed by atoms with E-state index >= 15 is 0 Å². The summed E-state index contributed by atoms with van der Waals surface area (Å²) >= 11 is 1.68. The van der Waals surface area contributed by atoms with Gasteiger partial charge in [0, 0.05) is 17.9 Å². The number of hydrogen-bond donors (Lipinski definition) is 1. The number of nitrogens with zero attached hydrogens (tertiary/aromatic N) is 1. The molecule has 0 unspecified atom stereocenters. The Morgan fingerprint density at radius 2 is 2.38 bits per heavy atom. The van der Waals surface area contributed by atoms with Crippen LogP contribution in [0.3, 0.4) is 0 Å². The van der Waals surface area contributed by atoms with Crippen LogP contribution in [0.4, 0.5) is 15.8 Å². The maximum Gasteiger partial charge on any atom is 0.146 e. The third kappa shape index (κ3) is 1.25. The highest BCUT2D eigenvalue weighted by Gasteiger charge is 2.22. The van der Waals surface area contributed by atoms with E-state index in [4.69, 9.17) is 5.73 Å². The molecule has 0 aromatic heterocycles. The first-order valence-corrected chi connectivity index (χ1v) is 5.15. The maximum absolute atomic E-state index is 13.1.